The van der Waals surface area contributed by atoms with Crippen LogP contribution in [0, 0.1) is 6.92 Å². The Bertz CT molecular complexity index is 950. The number of ether oxygens (including phenoxy) is 1. The maximum atomic E-state index is 12.2. The van der Waals surface area contributed by atoms with Crippen molar-refractivity contribution >= 4 is 23.4 Å². The molecule has 27 heavy (non-hydrogen) atoms. The Morgan fingerprint density at radius 3 is 2.52 bits per heavy atom. The molecular weight excluding hydrogens is 346 g/mol. The molecule has 2 amide bonds. The third kappa shape index (κ3) is 4.60. The lowest BCUT2D eigenvalue weighted by Crippen LogP contribution is -2.24. The van der Waals surface area contributed by atoms with Crippen molar-refractivity contribution in [2.24, 2.45) is 0 Å². The Morgan fingerprint density at radius 2 is 1.78 bits per heavy atom. The monoisotopic (exact) mass is 367 g/mol. The first-order valence-electron chi connectivity index (χ1n) is 8.57. The Hall–Kier alpha value is -3.42. The molecule has 0 unspecified atom stereocenters. The average Bonchev–Trinajstić information content (AvgIpc) is 3.09. The lowest BCUT2D eigenvalue weighted by Gasteiger charge is -2.08. The molecule has 0 atom stereocenters. The van der Waals surface area contributed by atoms with Crippen LogP contribution in [0.5, 0.6) is 5.88 Å². The number of anilines is 1. The van der Waals surface area contributed by atoms with Crippen molar-refractivity contribution in [3.05, 3.63) is 53.6 Å². The van der Waals surface area contributed by atoms with Crippen LogP contribution in [0.25, 0.3) is 5.65 Å². The van der Waals surface area contributed by atoms with Crippen molar-refractivity contribution in [3.8, 4) is 5.88 Å². The van der Waals surface area contributed by atoms with Gasteiger partial charge in [-0.3, -0.25) is 14.9 Å². The van der Waals surface area contributed by atoms with Crippen molar-refractivity contribution in [3.63, 3.8) is 0 Å². The fourth-order valence-electron chi connectivity index (χ4n) is 2.56. The number of carbonyl (C=O) groups is 2. The van der Waals surface area contributed by atoms with Crippen molar-refractivity contribution in [2.45, 2.75) is 26.3 Å². The smallest absolute Gasteiger partial charge is 0.238 e. The Balaban J connectivity index is 1.51. The zero-order valence-corrected chi connectivity index (χ0v) is 15.2. The second kappa shape index (κ2) is 8.31. The summed E-state index contributed by atoms with van der Waals surface area (Å²) in [5.74, 6) is 0.256. The van der Waals surface area contributed by atoms with E-state index >= 15 is 0 Å². The van der Waals surface area contributed by atoms with Gasteiger partial charge in [0.15, 0.2) is 5.65 Å². The minimum Gasteiger partial charge on any atom is -0.482 e. The molecular formula is C19H21N5O3. The van der Waals surface area contributed by atoms with E-state index in [2.05, 4.69) is 20.8 Å². The van der Waals surface area contributed by atoms with Gasteiger partial charge in [-0.15, -0.1) is 10.2 Å². The van der Waals surface area contributed by atoms with E-state index in [9.17, 15) is 9.59 Å². The van der Waals surface area contributed by atoms with E-state index < -0.39 is 0 Å². The largest absolute Gasteiger partial charge is 0.482 e. The molecule has 140 valence electrons. The van der Waals surface area contributed by atoms with E-state index in [1.54, 1.807) is 22.6 Å². The molecule has 0 saturated heterocycles. The average molecular weight is 367 g/mol. The van der Waals surface area contributed by atoms with Crippen molar-refractivity contribution < 1.29 is 14.3 Å². The number of methoxy groups -OCH3 is 1. The standard InChI is InChI=1S/C19H21N5O3/c1-13-6-8-14(9-7-13)12-20-16(25)10-11-17(26)21-19-23-22-15-4-3-5-18(27-2)24(15)19/h3-9H,10-12H2,1-2H3,(H,20,25)(H,21,23,26). The quantitative estimate of drug-likeness (QED) is 0.666. The maximum Gasteiger partial charge on any atom is 0.238 e. The van der Waals surface area contributed by atoms with Gasteiger partial charge in [0.1, 0.15) is 0 Å². The number of amides is 2. The summed E-state index contributed by atoms with van der Waals surface area (Å²) in [6.07, 6.45) is 0.134. The fourth-order valence-corrected chi connectivity index (χ4v) is 2.56. The van der Waals surface area contributed by atoms with Gasteiger partial charge in [0.25, 0.3) is 0 Å². The molecule has 2 heterocycles. The molecule has 0 aliphatic heterocycles. The normalized spacial score (nSPS) is 10.6. The van der Waals surface area contributed by atoms with Crippen LogP contribution < -0.4 is 15.4 Å². The van der Waals surface area contributed by atoms with Crippen LogP contribution in [0.2, 0.25) is 0 Å². The molecule has 1 aromatic carbocycles. The van der Waals surface area contributed by atoms with Crippen LogP contribution in [0.3, 0.4) is 0 Å². The van der Waals surface area contributed by atoms with Gasteiger partial charge in [-0.05, 0) is 24.6 Å². The van der Waals surface area contributed by atoms with Crippen molar-refractivity contribution in [2.75, 3.05) is 12.4 Å². The second-order valence-corrected chi connectivity index (χ2v) is 6.10. The van der Waals surface area contributed by atoms with Crippen molar-refractivity contribution in [1.29, 1.82) is 0 Å². The summed E-state index contributed by atoms with van der Waals surface area (Å²) in [6.45, 7) is 2.45. The molecule has 0 radical (unpaired) electrons. The number of nitrogens with zero attached hydrogens (tertiary/aromatic N) is 3. The second-order valence-electron chi connectivity index (χ2n) is 6.10. The topological polar surface area (TPSA) is 97.6 Å². The number of aryl methyl sites for hydroxylation is 1. The van der Waals surface area contributed by atoms with Crippen LogP contribution in [-0.2, 0) is 16.1 Å². The molecule has 3 aromatic rings. The van der Waals surface area contributed by atoms with Gasteiger partial charge in [0, 0.05) is 19.4 Å². The Morgan fingerprint density at radius 1 is 1.04 bits per heavy atom. The molecule has 0 aliphatic rings. The minimum absolute atomic E-state index is 0.0454. The SMILES string of the molecule is COc1cccc2nnc(NC(=O)CCC(=O)NCc3ccc(C)cc3)n12. The summed E-state index contributed by atoms with van der Waals surface area (Å²) in [7, 11) is 1.53. The first-order chi connectivity index (χ1) is 13.1. The summed E-state index contributed by atoms with van der Waals surface area (Å²) in [4.78, 5) is 24.1. The predicted octanol–water partition coefficient (Wildman–Crippen LogP) is 2.08. The summed E-state index contributed by atoms with van der Waals surface area (Å²) >= 11 is 0. The minimum atomic E-state index is -0.319. The molecule has 8 heteroatoms. The predicted molar refractivity (Wildman–Crippen MR) is 100 cm³/mol. The summed E-state index contributed by atoms with van der Waals surface area (Å²) < 4.78 is 6.85. The number of pyridine rings is 1. The zero-order chi connectivity index (χ0) is 19.2. The lowest BCUT2D eigenvalue weighted by molar-refractivity contribution is -0.124. The van der Waals surface area contributed by atoms with Crippen LogP contribution in [0.1, 0.15) is 24.0 Å². The van der Waals surface area contributed by atoms with E-state index in [1.165, 1.54) is 12.7 Å². The van der Waals surface area contributed by atoms with E-state index in [0.717, 1.165) is 5.56 Å². The number of aromatic nitrogens is 3. The number of nitrogens with one attached hydrogen (secondary N) is 2. The van der Waals surface area contributed by atoms with Crippen LogP contribution in [0.4, 0.5) is 5.95 Å². The number of hydrogen-bond acceptors (Lipinski definition) is 5. The molecule has 0 bridgehead atoms. The highest BCUT2D eigenvalue weighted by Gasteiger charge is 2.13. The van der Waals surface area contributed by atoms with Gasteiger partial charge in [0.05, 0.1) is 7.11 Å². The van der Waals surface area contributed by atoms with Gasteiger partial charge >= 0.3 is 0 Å². The number of carbonyl (C=O) groups excluding carboxylic acids is 2. The molecule has 0 fully saturated rings. The fraction of sp³-hybridized carbons (Fsp3) is 0.263. The number of rotatable bonds is 7. The summed E-state index contributed by atoms with van der Waals surface area (Å²) in [5.41, 5.74) is 2.74. The molecule has 3 rings (SSSR count). The summed E-state index contributed by atoms with van der Waals surface area (Å²) in [6, 6.07) is 13.2. The van der Waals surface area contributed by atoms with Gasteiger partial charge in [-0.25, -0.2) is 4.40 Å². The molecule has 0 aliphatic carbocycles. The first kappa shape index (κ1) is 18.4. The molecule has 0 spiro atoms. The van der Waals surface area contributed by atoms with Gasteiger partial charge in [0.2, 0.25) is 23.6 Å². The lowest BCUT2D eigenvalue weighted by atomic mass is 10.1. The maximum absolute atomic E-state index is 12.2. The number of hydrogen-bond donors (Lipinski definition) is 2. The molecule has 2 aromatic heterocycles. The van der Waals surface area contributed by atoms with Crippen LogP contribution in [-0.4, -0.2) is 33.5 Å². The Kier molecular flexibility index (Phi) is 5.65. The van der Waals surface area contributed by atoms with Gasteiger partial charge in [-0.1, -0.05) is 35.9 Å². The van der Waals surface area contributed by atoms with Gasteiger partial charge in [-0.2, -0.15) is 0 Å². The van der Waals surface area contributed by atoms with Crippen molar-refractivity contribution in [1.82, 2.24) is 19.9 Å². The molecule has 8 nitrogen and oxygen atoms in total. The van der Waals surface area contributed by atoms with Crippen LogP contribution in [0.15, 0.2) is 42.5 Å². The molecule has 2 N–H and O–H groups in total. The first-order valence-corrected chi connectivity index (χ1v) is 8.57. The number of fused-ring (bicyclic) bond motifs is 1. The van der Waals surface area contributed by atoms with Gasteiger partial charge < -0.3 is 10.1 Å². The van der Waals surface area contributed by atoms with E-state index in [0.29, 0.717) is 18.1 Å². The highest BCUT2D eigenvalue weighted by molar-refractivity contribution is 5.92. The van der Waals surface area contributed by atoms with E-state index in [4.69, 9.17) is 4.74 Å². The third-order valence-corrected chi connectivity index (χ3v) is 4.04. The van der Waals surface area contributed by atoms with Crippen LogP contribution >= 0.6 is 0 Å². The highest BCUT2D eigenvalue weighted by atomic mass is 16.5. The Labute approximate surface area is 156 Å². The molecule has 0 saturated carbocycles. The highest BCUT2D eigenvalue weighted by Crippen LogP contribution is 2.18. The third-order valence-electron chi connectivity index (χ3n) is 4.04. The van der Waals surface area contributed by atoms with E-state index in [1.807, 2.05) is 31.2 Å². The summed E-state index contributed by atoms with van der Waals surface area (Å²) in [5, 5.41) is 13.4. The number of benzene rings is 1. The zero-order valence-electron chi connectivity index (χ0n) is 15.2. The van der Waals surface area contributed by atoms with E-state index in [-0.39, 0.29) is 30.6 Å².